The number of fused-ring (bicyclic) bond motifs is 1. The van der Waals surface area contributed by atoms with Gasteiger partial charge in [0.15, 0.2) is 17.3 Å². The van der Waals surface area contributed by atoms with Gasteiger partial charge in [0.05, 0.1) is 12.1 Å². The van der Waals surface area contributed by atoms with Gasteiger partial charge in [0.1, 0.15) is 19.0 Å². The minimum Gasteiger partial charge on any atom is -0.486 e. The molecule has 3 rings (SSSR count). The average molecular weight is 288 g/mol. The summed E-state index contributed by atoms with van der Waals surface area (Å²) in [5.74, 6) is 2.26. The molecule has 0 unspecified atom stereocenters. The first kappa shape index (κ1) is 13.4. The molecule has 1 amide bonds. The van der Waals surface area contributed by atoms with Crippen LogP contribution in [-0.2, 0) is 6.54 Å². The highest BCUT2D eigenvalue weighted by Crippen LogP contribution is 2.34. The summed E-state index contributed by atoms with van der Waals surface area (Å²) in [6.45, 7) is 3.09. The maximum atomic E-state index is 12.6. The van der Waals surface area contributed by atoms with E-state index in [-0.39, 0.29) is 5.91 Å². The third-order valence-corrected chi connectivity index (χ3v) is 3.17. The van der Waals surface area contributed by atoms with E-state index in [4.69, 9.17) is 9.47 Å². The Morgan fingerprint density at radius 3 is 2.95 bits per heavy atom. The molecule has 0 saturated heterocycles. The number of hydrogen-bond donors (Lipinski definition) is 1. The highest BCUT2D eigenvalue weighted by molar-refractivity contribution is 5.97. The maximum Gasteiger partial charge on any atom is 0.257 e. The van der Waals surface area contributed by atoms with Gasteiger partial charge in [-0.05, 0) is 19.1 Å². The molecule has 7 nitrogen and oxygen atoms in total. The summed E-state index contributed by atoms with van der Waals surface area (Å²) in [6.07, 6.45) is 0. The van der Waals surface area contributed by atoms with E-state index in [1.54, 1.807) is 30.1 Å². The van der Waals surface area contributed by atoms with Gasteiger partial charge in [0.2, 0.25) is 0 Å². The van der Waals surface area contributed by atoms with Crippen LogP contribution in [0.2, 0.25) is 0 Å². The van der Waals surface area contributed by atoms with E-state index in [1.165, 1.54) is 0 Å². The Bertz CT molecular complexity index is 668. The average Bonchev–Trinajstić information content (AvgIpc) is 2.91. The summed E-state index contributed by atoms with van der Waals surface area (Å²) in [4.78, 5) is 18.3. The molecule has 1 N–H and O–H groups in total. The van der Waals surface area contributed by atoms with Crippen LogP contribution in [0.15, 0.2) is 18.2 Å². The van der Waals surface area contributed by atoms with E-state index in [0.29, 0.717) is 42.6 Å². The number of aryl methyl sites for hydroxylation is 1. The largest absolute Gasteiger partial charge is 0.486 e. The van der Waals surface area contributed by atoms with Crippen molar-refractivity contribution in [1.29, 1.82) is 0 Å². The zero-order valence-corrected chi connectivity index (χ0v) is 11.9. The minimum atomic E-state index is -0.153. The van der Waals surface area contributed by atoms with Gasteiger partial charge in [-0.3, -0.25) is 9.89 Å². The fourth-order valence-corrected chi connectivity index (χ4v) is 2.19. The molecule has 0 fully saturated rings. The van der Waals surface area contributed by atoms with Crippen molar-refractivity contribution in [3.8, 4) is 11.5 Å². The molecule has 1 aromatic carbocycles. The maximum absolute atomic E-state index is 12.6. The van der Waals surface area contributed by atoms with Gasteiger partial charge in [0.25, 0.3) is 5.91 Å². The zero-order valence-electron chi connectivity index (χ0n) is 11.9. The number of ether oxygens (including phenoxy) is 2. The van der Waals surface area contributed by atoms with E-state index < -0.39 is 0 Å². The first-order chi connectivity index (χ1) is 10.1. The molecular weight excluding hydrogens is 272 g/mol. The Kier molecular flexibility index (Phi) is 3.47. The molecule has 2 heterocycles. The van der Waals surface area contributed by atoms with Crippen LogP contribution in [0, 0.1) is 6.92 Å². The number of H-pyrrole nitrogens is 1. The minimum absolute atomic E-state index is 0.153. The second-order valence-electron chi connectivity index (χ2n) is 4.83. The molecular formula is C14H16N4O3. The Hall–Kier alpha value is -2.57. The predicted molar refractivity (Wildman–Crippen MR) is 74.3 cm³/mol. The van der Waals surface area contributed by atoms with Crippen molar-refractivity contribution in [1.82, 2.24) is 20.1 Å². The van der Waals surface area contributed by atoms with Crippen molar-refractivity contribution >= 4 is 5.91 Å². The van der Waals surface area contributed by atoms with Crippen molar-refractivity contribution in [3.05, 3.63) is 35.4 Å². The van der Waals surface area contributed by atoms with Gasteiger partial charge in [-0.2, -0.15) is 5.10 Å². The lowest BCUT2D eigenvalue weighted by atomic mass is 10.1. The molecule has 0 atom stereocenters. The van der Waals surface area contributed by atoms with Crippen LogP contribution in [0.3, 0.4) is 0 Å². The van der Waals surface area contributed by atoms with E-state index >= 15 is 0 Å². The normalized spacial score (nSPS) is 13.0. The van der Waals surface area contributed by atoms with Gasteiger partial charge < -0.3 is 14.4 Å². The molecule has 1 aromatic heterocycles. The Morgan fingerprint density at radius 2 is 2.19 bits per heavy atom. The fraction of sp³-hybridized carbons (Fsp3) is 0.357. The van der Waals surface area contributed by atoms with Gasteiger partial charge in [-0.25, -0.2) is 4.98 Å². The van der Waals surface area contributed by atoms with Gasteiger partial charge >= 0.3 is 0 Å². The smallest absolute Gasteiger partial charge is 0.257 e. The van der Waals surface area contributed by atoms with Crippen molar-refractivity contribution in [2.24, 2.45) is 0 Å². The molecule has 0 radical (unpaired) electrons. The Morgan fingerprint density at radius 1 is 1.38 bits per heavy atom. The van der Waals surface area contributed by atoms with Crippen molar-refractivity contribution in [2.45, 2.75) is 13.5 Å². The molecule has 0 aliphatic carbocycles. The number of hydrogen-bond acceptors (Lipinski definition) is 5. The zero-order chi connectivity index (χ0) is 14.8. The first-order valence-corrected chi connectivity index (χ1v) is 6.67. The third-order valence-electron chi connectivity index (χ3n) is 3.17. The molecule has 0 saturated carbocycles. The number of nitrogens with zero attached hydrogens (tertiary/aromatic N) is 3. The monoisotopic (exact) mass is 288 g/mol. The second-order valence-corrected chi connectivity index (χ2v) is 4.83. The highest BCUT2D eigenvalue weighted by Gasteiger charge is 2.23. The van der Waals surface area contributed by atoms with Crippen molar-refractivity contribution < 1.29 is 14.3 Å². The summed E-state index contributed by atoms with van der Waals surface area (Å²) in [5.41, 5.74) is 0.488. The van der Waals surface area contributed by atoms with E-state index in [9.17, 15) is 4.79 Å². The summed E-state index contributed by atoms with van der Waals surface area (Å²) < 4.78 is 11.1. The number of aromatic nitrogens is 3. The van der Waals surface area contributed by atoms with Crippen LogP contribution in [0.5, 0.6) is 11.5 Å². The number of benzene rings is 1. The summed E-state index contributed by atoms with van der Waals surface area (Å²) >= 11 is 0. The first-order valence-electron chi connectivity index (χ1n) is 6.67. The van der Waals surface area contributed by atoms with Crippen LogP contribution >= 0.6 is 0 Å². The lowest BCUT2D eigenvalue weighted by Gasteiger charge is -2.22. The Balaban J connectivity index is 1.81. The summed E-state index contributed by atoms with van der Waals surface area (Å²) in [6, 6.07) is 5.31. The topological polar surface area (TPSA) is 80.3 Å². The Labute approximate surface area is 121 Å². The molecule has 7 heteroatoms. The number of rotatable bonds is 3. The van der Waals surface area contributed by atoms with Crippen LogP contribution < -0.4 is 9.47 Å². The highest BCUT2D eigenvalue weighted by atomic mass is 16.6. The molecule has 1 aliphatic rings. The van der Waals surface area contributed by atoms with Crippen LogP contribution in [0.25, 0.3) is 0 Å². The van der Waals surface area contributed by atoms with Crippen LogP contribution in [-0.4, -0.2) is 46.2 Å². The lowest BCUT2D eigenvalue weighted by Crippen LogP contribution is -2.28. The van der Waals surface area contributed by atoms with Gasteiger partial charge in [-0.1, -0.05) is 6.07 Å². The van der Waals surface area contributed by atoms with E-state index in [0.717, 1.165) is 5.82 Å². The molecule has 21 heavy (non-hydrogen) atoms. The number of amides is 1. The van der Waals surface area contributed by atoms with E-state index in [2.05, 4.69) is 15.2 Å². The molecule has 1 aliphatic heterocycles. The van der Waals surface area contributed by atoms with Gasteiger partial charge in [0, 0.05) is 7.05 Å². The molecule has 0 bridgehead atoms. The summed E-state index contributed by atoms with van der Waals surface area (Å²) in [5, 5.41) is 6.79. The van der Waals surface area contributed by atoms with Crippen LogP contribution in [0.1, 0.15) is 22.0 Å². The van der Waals surface area contributed by atoms with E-state index in [1.807, 2.05) is 6.92 Å². The number of aromatic amines is 1. The summed E-state index contributed by atoms with van der Waals surface area (Å²) in [7, 11) is 1.71. The lowest BCUT2D eigenvalue weighted by molar-refractivity contribution is 0.0771. The predicted octanol–water partition coefficient (Wildman–Crippen LogP) is 1.16. The molecule has 2 aromatic rings. The number of para-hydroxylation sites is 1. The molecule has 110 valence electrons. The second kappa shape index (κ2) is 5.43. The fourth-order valence-electron chi connectivity index (χ4n) is 2.19. The van der Waals surface area contributed by atoms with Crippen LogP contribution in [0.4, 0.5) is 0 Å². The molecule has 0 spiro atoms. The third kappa shape index (κ3) is 2.67. The number of carbonyl (C=O) groups is 1. The van der Waals surface area contributed by atoms with Crippen molar-refractivity contribution in [2.75, 3.05) is 20.3 Å². The van der Waals surface area contributed by atoms with Gasteiger partial charge in [-0.15, -0.1) is 0 Å². The SMILES string of the molecule is Cc1nc(CN(C)C(=O)c2cccc3c2OCCO3)n[nH]1. The standard InChI is InChI=1S/C14H16N4O3/c1-9-15-12(17-16-9)8-18(2)14(19)10-4-3-5-11-13(10)21-7-6-20-11/h3-5H,6-8H2,1-2H3,(H,15,16,17). The number of carbonyl (C=O) groups excluding carboxylic acids is 1. The van der Waals surface area contributed by atoms with Crippen molar-refractivity contribution in [3.63, 3.8) is 0 Å². The number of nitrogens with one attached hydrogen (secondary N) is 1. The quantitative estimate of drug-likeness (QED) is 0.916.